The molecule has 0 fully saturated rings. The number of para-hydroxylation sites is 2. The molecule has 0 unspecified atom stereocenters. The van der Waals surface area contributed by atoms with E-state index in [4.69, 9.17) is 4.98 Å². The predicted molar refractivity (Wildman–Crippen MR) is 261 cm³/mol. The second-order valence-corrected chi connectivity index (χ2v) is 16.7. The Morgan fingerprint density at radius 1 is 0.306 bits per heavy atom. The summed E-state index contributed by atoms with van der Waals surface area (Å²) in [6, 6.07) is 77.9. The minimum atomic E-state index is 1.00. The SMILES string of the molecule is c1ccc(-n2c3ccc(-c4ccc5c(c4)c4ccccc4n5-c4ccc5cc(-c6cc7c8c(cccc8n6)-c6ccccc6-7)ccc5c4)cc3c3ccc4ccccc4c32)cc1. The zero-order valence-corrected chi connectivity index (χ0v) is 33.5. The van der Waals surface area contributed by atoms with E-state index >= 15 is 0 Å². The van der Waals surface area contributed by atoms with E-state index < -0.39 is 0 Å². The topological polar surface area (TPSA) is 22.8 Å². The largest absolute Gasteiger partial charge is 0.309 e. The summed E-state index contributed by atoms with van der Waals surface area (Å²) in [6.45, 7) is 0. The van der Waals surface area contributed by atoms with Crippen LogP contribution in [0, 0.1) is 0 Å². The van der Waals surface area contributed by atoms with Crippen molar-refractivity contribution in [3.8, 4) is 56.0 Å². The zero-order valence-electron chi connectivity index (χ0n) is 33.5. The lowest BCUT2D eigenvalue weighted by Gasteiger charge is -2.11. The Morgan fingerprint density at radius 3 is 1.79 bits per heavy atom. The summed E-state index contributed by atoms with van der Waals surface area (Å²) < 4.78 is 4.85. The standard InChI is InChI=1S/C59H35N3/c1-2-12-42(13-3-1)62-57-30-26-40(34-51(57)49-28-24-36-11-4-5-14-44(36)59(49)62)39-25-29-56-50(33-39)47-17-8-9-20-55(47)61(56)43-27-23-37-31-41(22-21-38(37)32-43)54-35-52-46-16-7-6-15-45(46)48-18-10-19-53(60-54)58(48)52/h1-35H. The van der Waals surface area contributed by atoms with Crippen LogP contribution in [0.25, 0.3) is 132 Å². The monoisotopic (exact) mass is 785 g/mol. The van der Waals surface area contributed by atoms with Gasteiger partial charge in [0.05, 0.1) is 33.3 Å². The first-order valence-electron chi connectivity index (χ1n) is 21.4. The molecular formula is C59H35N3. The molecule has 0 saturated heterocycles. The first kappa shape index (κ1) is 33.5. The van der Waals surface area contributed by atoms with Crippen LogP contribution in [0.15, 0.2) is 212 Å². The van der Waals surface area contributed by atoms with Gasteiger partial charge in [-0.05, 0) is 122 Å². The molecular weight excluding hydrogens is 751 g/mol. The van der Waals surface area contributed by atoms with E-state index in [0.717, 1.165) is 22.5 Å². The van der Waals surface area contributed by atoms with E-state index in [2.05, 4.69) is 221 Å². The van der Waals surface area contributed by atoms with Gasteiger partial charge in [0.1, 0.15) is 0 Å². The fourth-order valence-electron chi connectivity index (χ4n) is 10.6. The first-order valence-corrected chi connectivity index (χ1v) is 21.4. The van der Waals surface area contributed by atoms with Gasteiger partial charge in [-0.25, -0.2) is 4.98 Å². The molecule has 3 aromatic heterocycles. The average molecular weight is 786 g/mol. The molecule has 13 aromatic rings. The third kappa shape index (κ3) is 4.73. The summed E-state index contributed by atoms with van der Waals surface area (Å²) in [6.07, 6.45) is 0. The van der Waals surface area contributed by atoms with Crippen molar-refractivity contribution in [3.05, 3.63) is 212 Å². The lowest BCUT2D eigenvalue weighted by Crippen LogP contribution is -1.94. The molecule has 14 rings (SSSR count). The lowest BCUT2D eigenvalue weighted by atomic mass is 10.00. The summed E-state index contributed by atoms with van der Waals surface area (Å²) in [4.78, 5) is 5.20. The Morgan fingerprint density at radius 2 is 0.935 bits per heavy atom. The summed E-state index contributed by atoms with van der Waals surface area (Å²) in [5, 5.41) is 11.2. The minimum absolute atomic E-state index is 1.00. The van der Waals surface area contributed by atoms with Gasteiger partial charge in [-0.1, -0.05) is 140 Å². The molecule has 0 amide bonds. The van der Waals surface area contributed by atoms with Gasteiger partial charge in [-0.2, -0.15) is 0 Å². The first-order chi connectivity index (χ1) is 30.7. The summed E-state index contributed by atoms with van der Waals surface area (Å²) in [7, 11) is 0. The van der Waals surface area contributed by atoms with Crippen molar-refractivity contribution in [1.29, 1.82) is 0 Å². The minimum Gasteiger partial charge on any atom is -0.309 e. The molecule has 0 saturated carbocycles. The number of hydrogen-bond donors (Lipinski definition) is 0. The number of benzene rings is 10. The maximum Gasteiger partial charge on any atom is 0.0722 e. The van der Waals surface area contributed by atoms with Crippen molar-refractivity contribution in [3.63, 3.8) is 0 Å². The number of fused-ring (bicyclic) bond motifs is 12. The second kappa shape index (κ2) is 12.6. The molecule has 0 radical (unpaired) electrons. The summed E-state index contributed by atoms with van der Waals surface area (Å²) >= 11 is 0. The molecule has 0 N–H and O–H groups in total. The Balaban J connectivity index is 0.882. The predicted octanol–water partition coefficient (Wildman–Crippen LogP) is 15.7. The Labute approximate surface area is 357 Å². The van der Waals surface area contributed by atoms with Gasteiger partial charge in [0.2, 0.25) is 0 Å². The Bertz CT molecular complexity index is 4040. The van der Waals surface area contributed by atoms with E-state index in [9.17, 15) is 0 Å². The highest BCUT2D eigenvalue weighted by atomic mass is 15.0. The third-order valence-electron chi connectivity index (χ3n) is 13.4. The maximum absolute atomic E-state index is 5.20. The molecule has 0 spiro atoms. The molecule has 3 nitrogen and oxygen atoms in total. The highest BCUT2D eigenvalue weighted by molar-refractivity contribution is 6.20. The molecule has 10 aromatic carbocycles. The van der Waals surface area contributed by atoms with Crippen LogP contribution in [0.3, 0.4) is 0 Å². The van der Waals surface area contributed by atoms with E-state index in [-0.39, 0.29) is 0 Å². The number of rotatable bonds is 4. The van der Waals surface area contributed by atoms with Gasteiger partial charge >= 0.3 is 0 Å². The maximum atomic E-state index is 5.20. The van der Waals surface area contributed by atoms with E-state index in [0.29, 0.717) is 0 Å². The molecule has 0 bridgehead atoms. The molecule has 0 atom stereocenters. The Kier molecular flexibility index (Phi) is 6.83. The van der Waals surface area contributed by atoms with Gasteiger partial charge < -0.3 is 9.13 Å². The molecule has 286 valence electrons. The van der Waals surface area contributed by atoms with E-state index in [1.807, 2.05) is 0 Å². The molecule has 1 aliphatic rings. The fraction of sp³-hybridized carbons (Fsp3) is 0. The second-order valence-electron chi connectivity index (χ2n) is 16.7. The van der Waals surface area contributed by atoms with E-state index in [1.165, 1.54) is 110 Å². The average Bonchev–Trinajstić information content (AvgIpc) is 3.97. The van der Waals surface area contributed by atoms with E-state index in [1.54, 1.807) is 0 Å². The number of hydrogen-bond acceptors (Lipinski definition) is 1. The molecule has 0 aliphatic heterocycles. The highest BCUT2D eigenvalue weighted by Crippen LogP contribution is 2.48. The van der Waals surface area contributed by atoms with Crippen LogP contribution >= 0.6 is 0 Å². The number of pyridine rings is 1. The lowest BCUT2D eigenvalue weighted by molar-refractivity contribution is 1.19. The van der Waals surface area contributed by atoms with Crippen molar-refractivity contribution in [2.75, 3.05) is 0 Å². The van der Waals surface area contributed by atoms with Gasteiger partial charge in [0.15, 0.2) is 0 Å². The van der Waals surface area contributed by atoms with Crippen LogP contribution in [0.1, 0.15) is 0 Å². The third-order valence-corrected chi connectivity index (χ3v) is 13.4. The van der Waals surface area contributed by atoms with Gasteiger partial charge in [0.25, 0.3) is 0 Å². The normalized spacial score (nSPS) is 12.2. The Hall–Kier alpha value is -8.27. The van der Waals surface area contributed by atoms with Crippen molar-refractivity contribution in [2.24, 2.45) is 0 Å². The van der Waals surface area contributed by atoms with Gasteiger partial charge in [-0.3, -0.25) is 0 Å². The van der Waals surface area contributed by atoms with Crippen LogP contribution < -0.4 is 0 Å². The number of nitrogens with zero attached hydrogens (tertiary/aromatic N) is 3. The van der Waals surface area contributed by atoms with Crippen molar-refractivity contribution >= 4 is 76.1 Å². The molecule has 62 heavy (non-hydrogen) atoms. The quantitative estimate of drug-likeness (QED) is 0.174. The smallest absolute Gasteiger partial charge is 0.0722 e. The highest BCUT2D eigenvalue weighted by Gasteiger charge is 2.23. The van der Waals surface area contributed by atoms with Crippen LogP contribution in [0.5, 0.6) is 0 Å². The van der Waals surface area contributed by atoms with Crippen LogP contribution in [-0.4, -0.2) is 14.1 Å². The molecule has 1 aliphatic carbocycles. The van der Waals surface area contributed by atoms with Gasteiger partial charge in [-0.15, -0.1) is 0 Å². The molecule has 3 heteroatoms. The van der Waals surface area contributed by atoms with Crippen LogP contribution in [0.2, 0.25) is 0 Å². The van der Waals surface area contributed by atoms with Crippen molar-refractivity contribution < 1.29 is 0 Å². The van der Waals surface area contributed by atoms with Crippen molar-refractivity contribution in [2.45, 2.75) is 0 Å². The summed E-state index contributed by atoms with van der Waals surface area (Å²) in [5.74, 6) is 0. The van der Waals surface area contributed by atoms with Crippen LogP contribution in [-0.2, 0) is 0 Å². The fourth-order valence-corrected chi connectivity index (χ4v) is 10.6. The number of aromatic nitrogens is 3. The van der Waals surface area contributed by atoms with Crippen LogP contribution in [0.4, 0.5) is 0 Å². The van der Waals surface area contributed by atoms with Gasteiger partial charge in [0, 0.05) is 49.3 Å². The zero-order chi connectivity index (χ0) is 40.5. The molecule has 3 heterocycles. The summed E-state index contributed by atoms with van der Waals surface area (Å²) in [5.41, 5.74) is 17.9. The van der Waals surface area contributed by atoms with Crippen molar-refractivity contribution in [1.82, 2.24) is 14.1 Å².